The lowest BCUT2D eigenvalue weighted by Crippen LogP contribution is -1.94. The second-order valence-corrected chi connectivity index (χ2v) is 10.7. The van der Waals surface area contributed by atoms with Crippen molar-refractivity contribution in [3.8, 4) is 27.9 Å². The van der Waals surface area contributed by atoms with Gasteiger partial charge in [-0.3, -0.25) is 0 Å². The summed E-state index contributed by atoms with van der Waals surface area (Å²) in [6.45, 7) is 0. The van der Waals surface area contributed by atoms with Gasteiger partial charge >= 0.3 is 0 Å². The van der Waals surface area contributed by atoms with Gasteiger partial charge < -0.3 is 4.57 Å². The molecule has 1 aliphatic carbocycles. The Morgan fingerprint density at radius 1 is 0.472 bits per heavy atom. The quantitative estimate of drug-likeness (QED) is 0.223. The van der Waals surface area contributed by atoms with Gasteiger partial charge in [-0.2, -0.15) is 0 Å². The summed E-state index contributed by atoms with van der Waals surface area (Å²) >= 11 is 1.89. The number of para-hydroxylation sites is 1. The molecule has 1 nitrogen and oxygen atoms in total. The van der Waals surface area contributed by atoms with Crippen LogP contribution in [0.5, 0.6) is 0 Å². The summed E-state index contributed by atoms with van der Waals surface area (Å²) in [4.78, 5) is 0. The van der Waals surface area contributed by atoms with Crippen LogP contribution in [-0.2, 0) is 0 Å². The minimum absolute atomic E-state index is 1.26. The highest BCUT2D eigenvalue weighted by Gasteiger charge is 2.26. The minimum Gasteiger partial charge on any atom is -0.308 e. The van der Waals surface area contributed by atoms with E-state index in [1.807, 2.05) is 11.3 Å². The summed E-state index contributed by atoms with van der Waals surface area (Å²) in [5.74, 6) is 0. The molecular weight excluding hydrogens is 454 g/mol. The lowest BCUT2D eigenvalue weighted by Gasteiger charge is -2.10. The Balaban J connectivity index is 1.48. The summed E-state index contributed by atoms with van der Waals surface area (Å²) in [5.41, 5.74) is 9.21. The number of nitrogens with zero attached hydrogens (tertiary/aromatic N) is 1. The van der Waals surface area contributed by atoms with Crippen LogP contribution in [0.1, 0.15) is 0 Å². The molecule has 0 bridgehead atoms. The van der Waals surface area contributed by atoms with Gasteiger partial charge in [0, 0.05) is 31.8 Å². The fraction of sp³-hybridized carbons (Fsp3) is 0. The SMILES string of the molecule is c1cc2c3c(cccc3c1)-c1c-2ccc2c1c1ccccc1n2-c1cccc2c1sc1ccccc12. The Kier molecular flexibility index (Phi) is 3.47. The fourth-order valence-electron chi connectivity index (χ4n) is 6.51. The van der Waals surface area contributed by atoms with Crippen molar-refractivity contribution in [2.75, 3.05) is 0 Å². The molecule has 0 saturated heterocycles. The lowest BCUT2D eigenvalue weighted by molar-refractivity contribution is 1.20. The van der Waals surface area contributed by atoms with Crippen LogP contribution in [0.4, 0.5) is 0 Å². The third-order valence-corrected chi connectivity index (χ3v) is 9.14. The van der Waals surface area contributed by atoms with Gasteiger partial charge in [-0.15, -0.1) is 11.3 Å². The molecule has 0 N–H and O–H groups in total. The van der Waals surface area contributed by atoms with E-state index in [0.717, 1.165) is 0 Å². The Morgan fingerprint density at radius 2 is 1.22 bits per heavy atom. The average molecular weight is 474 g/mol. The Labute approximate surface area is 211 Å². The third-order valence-electron chi connectivity index (χ3n) is 7.93. The summed E-state index contributed by atoms with van der Waals surface area (Å²) < 4.78 is 5.17. The third kappa shape index (κ3) is 2.21. The average Bonchev–Trinajstić information content (AvgIpc) is 3.58. The molecule has 2 heterocycles. The zero-order chi connectivity index (χ0) is 23.4. The van der Waals surface area contributed by atoms with Crippen LogP contribution < -0.4 is 0 Å². The summed E-state index contributed by atoms with van der Waals surface area (Å²) in [7, 11) is 0. The van der Waals surface area contributed by atoms with E-state index < -0.39 is 0 Å². The number of thiophene rings is 1. The first-order valence-electron chi connectivity index (χ1n) is 12.4. The topological polar surface area (TPSA) is 4.93 Å². The van der Waals surface area contributed by atoms with Crippen LogP contribution >= 0.6 is 11.3 Å². The maximum atomic E-state index is 2.49. The van der Waals surface area contributed by atoms with Crippen LogP contribution in [0, 0.1) is 0 Å². The van der Waals surface area contributed by atoms with Crippen LogP contribution in [0.3, 0.4) is 0 Å². The molecule has 0 spiro atoms. The van der Waals surface area contributed by atoms with Crippen molar-refractivity contribution in [2.24, 2.45) is 0 Å². The van der Waals surface area contributed by atoms with Crippen molar-refractivity contribution in [2.45, 2.75) is 0 Å². The summed E-state index contributed by atoms with van der Waals surface area (Å²) in [6, 6.07) is 42.5. The van der Waals surface area contributed by atoms with Gasteiger partial charge in [0.2, 0.25) is 0 Å². The number of hydrogen-bond acceptors (Lipinski definition) is 1. The normalized spacial score (nSPS) is 12.4. The van der Waals surface area contributed by atoms with Crippen molar-refractivity contribution in [3.05, 3.63) is 115 Å². The molecule has 166 valence electrons. The van der Waals surface area contributed by atoms with E-state index in [9.17, 15) is 0 Å². The van der Waals surface area contributed by atoms with E-state index in [1.165, 1.54) is 80.7 Å². The van der Waals surface area contributed by atoms with E-state index in [2.05, 4.69) is 120 Å². The summed E-state index contributed by atoms with van der Waals surface area (Å²) in [6.07, 6.45) is 0. The molecule has 1 aliphatic rings. The van der Waals surface area contributed by atoms with E-state index in [1.54, 1.807) is 0 Å². The second-order valence-electron chi connectivity index (χ2n) is 9.70. The number of aromatic nitrogens is 1. The molecule has 36 heavy (non-hydrogen) atoms. The molecule has 8 aromatic rings. The Bertz CT molecular complexity index is 2200. The number of benzene rings is 6. The highest BCUT2D eigenvalue weighted by atomic mass is 32.1. The van der Waals surface area contributed by atoms with Gasteiger partial charge in [0.05, 0.1) is 21.4 Å². The lowest BCUT2D eigenvalue weighted by atomic mass is 9.98. The largest absolute Gasteiger partial charge is 0.308 e. The second kappa shape index (κ2) is 6.63. The van der Waals surface area contributed by atoms with Gasteiger partial charge in [0.15, 0.2) is 0 Å². The highest BCUT2D eigenvalue weighted by molar-refractivity contribution is 7.26. The standard InChI is InChI=1S/C34H19NS/c1-3-15-27-25(11-1)33-28(19-18-23-22-12-5-8-20-9-6-14-26(31(20)22)32(23)33)35(27)29-16-7-13-24-21-10-2-4-17-30(21)36-34(24)29/h1-19H. The first kappa shape index (κ1) is 18.9. The Morgan fingerprint density at radius 3 is 2.14 bits per heavy atom. The predicted octanol–water partition coefficient (Wildman–Crippen LogP) is 9.95. The molecule has 0 amide bonds. The zero-order valence-corrected chi connectivity index (χ0v) is 20.1. The molecule has 0 saturated carbocycles. The highest BCUT2D eigenvalue weighted by Crippen LogP contribution is 2.52. The first-order valence-corrected chi connectivity index (χ1v) is 13.2. The predicted molar refractivity (Wildman–Crippen MR) is 156 cm³/mol. The molecule has 0 aliphatic heterocycles. The van der Waals surface area contributed by atoms with E-state index in [-0.39, 0.29) is 0 Å². The van der Waals surface area contributed by atoms with Crippen LogP contribution in [0.15, 0.2) is 115 Å². The van der Waals surface area contributed by atoms with Crippen molar-refractivity contribution in [1.82, 2.24) is 4.57 Å². The van der Waals surface area contributed by atoms with Crippen molar-refractivity contribution < 1.29 is 0 Å². The van der Waals surface area contributed by atoms with Gasteiger partial charge in [-0.1, -0.05) is 91.0 Å². The Hall–Kier alpha value is -4.40. The number of hydrogen-bond donors (Lipinski definition) is 0. The number of rotatable bonds is 1. The van der Waals surface area contributed by atoms with Gasteiger partial charge in [0.25, 0.3) is 0 Å². The molecule has 2 heteroatoms. The molecule has 0 radical (unpaired) electrons. The zero-order valence-electron chi connectivity index (χ0n) is 19.3. The molecular formula is C34H19NS. The van der Waals surface area contributed by atoms with Crippen molar-refractivity contribution in [1.29, 1.82) is 0 Å². The number of fused-ring (bicyclic) bond motifs is 10. The van der Waals surface area contributed by atoms with Gasteiger partial charge in [0.1, 0.15) is 0 Å². The van der Waals surface area contributed by atoms with Gasteiger partial charge in [-0.25, -0.2) is 0 Å². The van der Waals surface area contributed by atoms with Crippen LogP contribution in [0.2, 0.25) is 0 Å². The molecule has 9 rings (SSSR count). The van der Waals surface area contributed by atoms with Crippen LogP contribution in [-0.4, -0.2) is 4.57 Å². The van der Waals surface area contributed by atoms with E-state index in [0.29, 0.717) is 0 Å². The molecule has 2 aromatic heterocycles. The minimum atomic E-state index is 1.26. The summed E-state index contributed by atoms with van der Waals surface area (Å²) in [5, 5.41) is 8.02. The van der Waals surface area contributed by atoms with Crippen LogP contribution in [0.25, 0.3) is 80.7 Å². The fourth-order valence-corrected chi connectivity index (χ4v) is 7.71. The first-order chi connectivity index (χ1) is 17.9. The monoisotopic (exact) mass is 473 g/mol. The maximum absolute atomic E-state index is 2.49. The molecule has 6 aromatic carbocycles. The van der Waals surface area contributed by atoms with E-state index >= 15 is 0 Å². The molecule has 0 atom stereocenters. The van der Waals surface area contributed by atoms with Crippen molar-refractivity contribution in [3.63, 3.8) is 0 Å². The molecule has 0 fully saturated rings. The van der Waals surface area contributed by atoms with E-state index in [4.69, 9.17) is 0 Å². The molecule has 0 unspecified atom stereocenters. The van der Waals surface area contributed by atoms with Crippen molar-refractivity contribution >= 4 is 64.1 Å². The van der Waals surface area contributed by atoms with Gasteiger partial charge in [-0.05, 0) is 51.7 Å². The maximum Gasteiger partial charge on any atom is 0.0640 e. The smallest absolute Gasteiger partial charge is 0.0640 e.